The van der Waals surface area contributed by atoms with Crippen molar-refractivity contribution in [3.63, 3.8) is 0 Å². The molecule has 0 bridgehead atoms. The van der Waals surface area contributed by atoms with Gasteiger partial charge in [-0.05, 0) is 34.5 Å². The minimum Gasteiger partial charge on any atom is -0.493 e. The first-order valence-corrected chi connectivity index (χ1v) is 5.70. The van der Waals surface area contributed by atoms with Gasteiger partial charge in [0, 0.05) is 5.56 Å². The lowest BCUT2D eigenvalue weighted by Crippen LogP contribution is -1.99. The van der Waals surface area contributed by atoms with E-state index >= 15 is 0 Å². The Morgan fingerprint density at radius 2 is 2.25 bits per heavy atom. The molecule has 0 radical (unpaired) electrons. The van der Waals surface area contributed by atoms with Crippen molar-refractivity contribution < 1.29 is 14.7 Å². The molecule has 0 aliphatic heterocycles. The van der Waals surface area contributed by atoms with E-state index in [0.717, 1.165) is 16.5 Å². The van der Waals surface area contributed by atoms with E-state index in [2.05, 4.69) is 21.1 Å². The smallest absolute Gasteiger partial charge is 0.175 e. The number of benzene rings is 1. The summed E-state index contributed by atoms with van der Waals surface area (Å²) < 4.78 is 11.5. The van der Waals surface area contributed by atoms with Crippen LogP contribution in [0.3, 0.4) is 0 Å². The first-order valence-electron chi connectivity index (χ1n) is 4.90. The highest BCUT2D eigenvalue weighted by Gasteiger charge is 2.10. The van der Waals surface area contributed by atoms with Crippen LogP contribution in [0.1, 0.15) is 18.9 Å². The topological polar surface area (TPSA) is 51.0 Å². The second-order valence-electron chi connectivity index (χ2n) is 3.13. The zero-order valence-electron chi connectivity index (χ0n) is 9.24. The van der Waals surface area contributed by atoms with Gasteiger partial charge in [0.15, 0.2) is 11.5 Å². The van der Waals surface area contributed by atoms with Gasteiger partial charge < -0.3 is 14.7 Å². The van der Waals surface area contributed by atoms with Gasteiger partial charge in [-0.2, -0.15) is 0 Å². The summed E-state index contributed by atoms with van der Waals surface area (Å²) in [6.07, 6.45) is 2.26. The number of rotatable bonds is 5. The van der Waals surface area contributed by atoms with Crippen LogP contribution in [0.4, 0.5) is 0 Å². The lowest BCUT2D eigenvalue weighted by atomic mass is 10.2. The number of halogens is 1. The van der Waals surface area contributed by atoms with Gasteiger partial charge in [-0.1, -0.05) is 12.1 Å². The molecule has 0 atom stereocenters. The minimum absolute atomic E-state index is 0.609. The van der Waals surface area contributed by atoms with Crippen molar-refractivity contribution in [2.75, 3.05) is 13.7 Å². The van der Waals surface area contributed by atoms with Crippen molar-refractivity contribution >= 4 is 22.1 Å². The van der Waals surface area contributed by atoms with Crippen LogP contribution < -0.4 is 9.47 Å². The number of nitrogens with zero attached hydrogens (tertiary/aromatic N) is 1. The van der Waals surface area contributed by atoms with Crippen molar-refractivity contribution in [3.05, 3.63) is 22.2 Å². The van der Waals surface area contributed by atoms with E-state index in [9.17, 15) is 0 Å². The van der Waals surface area contributed by atoms with Crippen LogP contribution >= 0.6 is 15.9 Å². The molecular weight excluding hydrogens is 274 g/mol. The van der Waals surface area contributed by atoms with E-state index in [0.29, 0.717) is 18.1 Å². The predicted molar refractivity (Wildman–Crippen MR) is 65.9 cm³/mol. The fourth-order valence-corrected chi connectivity index (χ4v) is 1.80. The molecule has 0 amide bonds. The molecule has 1 aromatic carbocycles. The van der Waals surface area contributed by atoms with E-state index in [4.69, 9.17) is 14.7 Å². The summed E-state index contributed by atoms with van der Waals surface area (Å²) in [5.74, 6) is 1.28. The highest BCUT2D eigenvalue weighted by molar-refractivity contribution is 9.10. The maximum Gasteiger partial charge on any atom is 0.175 e. The molecule has 0 heterocycles. The number of methoxy groups -OCH3 is 1. The molecule has 88 valence electrons. The van der Waals surface area contributed by atoms with Crippen molar-refractivity contribution in [3.8, 4) is 11.5 Å². The first kappa shape index (κ1) is 12.8. The number of hydrogen-bond donors (Lipinski definition) is 1. The van der Waals surface area contributed by atoms with Gasteiger partial charge in [-0.15, -0.1) is 0 Å². The largest absolute Gasteiger partial charge is 0.493 e. The maximum absolute atomic E-state index is 8.47. The second-order valence-corrected chi connectivity index (χ2v) is 3.98. The Morgan fingerprint density at radius 1 is 1.50 bits per heavy atom. The molecule has 0 aliphatic rings. The Kier molecular flexibility index (Phi) is 5.11. The average molecular weight is 288 g/mol. The molecule has 0 saturated heterocycles. The maximum atomic E-state index is 8.47. The van der Waals surface area contributed by atoms with Crippen LogP contribution in [-0.2, 0) is 0 Å². The van der Waals surface area contributed by atoms with Crippen LogP contribution in [0.5, 0.6) is 11.5 Å². The number of hydrogen-bond acceptors (Lipinski definition) is 4. The van der Waals surface area contributed by atoms with Crippen molar-refractivity contribution in [1.82, 2.24) is 0 Å². The monoisotopic (exact) mass is 287 g/mol. The summed E-state index contributed by atoms with van der Waals surface area (Å²) in [7, 11) is 1.57. The highest BCUT2D eigenvalue weighted by Crippen LogP contribution is 2.36. The van der Waals surface area contributed by atoms with Crippen molar-refractivity contribution in [1.29, 1.82) is 0 Å². The van der Waals surface area contributed by atoms with Crippen LogP contribution in [0.25, 0.3) is 0 Å². The van der Waals surface area contributed by atoms with Gasteiger partial charge in [-0.25, -0.2) is 0 Å². The lowest BCUT2D eigenvalue weighted by Gasteiger charge is -2.12. The molecule has 4 nitrogen and oxygen atoms in total. The number of ether oxygens (including phenoxy) is 2. The quantitative estimate of drug-likeness (QED) is 0.514. The Bertz CT molecular complexity index is 380. The van der Waals surface area contributed by atoms with Crippen LogP contribution in [0.2, 0.25) is 0 Å². The Labute approximate surface area is 103 Å². The zero-order valence-corrected chi connectivity index (χ0v) is 10.8. The molecule has 16 heavy (non-hydrogen) atoms. The Hall–Kier alpha value is -1.23. The Morgan fingerprint density at radius 3 is 2.81 bits per heavy atom. The van der Waals surface area contributed by atoms with Gasteiger partial charge in [0.2, 0.25) is 0 Å². The molecule has 0 unspecified atom stereocenters. The second kappa shape index (κ2) is 6.37. The van der Waals surface area contributed by atoms with E-state index in [1.807, 2.05) is 6.92 Å². The molecule has 0 aliphatic carbocycles. The van der Waals surface area contributed by atoms with Crippen LogP contribution in [0, 0.1) is 0 Å². The van der Waals surface area contributed by atoms with Crippen LogP contribution in [-0.4, -0.2) is 25.1 Å². The molecule has 5 heteroatoms. The van der Waals surface area contributed by atoms with E-state index in [1.54, 1.807) is 19.2 Å². The molecule has 0 saturated carbocycles. The highest BCUT2D eigenvalue weighted by atomic mass is 79.9. The predicted octanol–water partition coefficient (Wildman–Crippen LogP) is 3.05. The molecule has 1 aromatic rings. The number of oxime groups is 1. The zero-order chi connectivity index (χ0) is 12.0. The summed E-state index contributed by atoms with van der Waals surface area (Å²) in [5.41, 5.74) is 0.732. The molecular formula is C11H14BrNO3. The first-order chi connectivity index (χ1) is 7.72. The SMILES string of the molecule is CCCOc1c(Br)cc(C=NO)cc1OC. The average Bonchev–Trinajstić information content (AvgIpc) is 2.27. The van der Waals surface area contributed by atoms with E-state index in [1.165, 1.54) is 6.21 Å². The lowest BCUT2D eigenvalue weighted by molar-refractivity contribution is 0.292. The summed E-state index contributed by atoms with van der Waals surface area (Å²) in [6, 6.07) is 3.54. The van der Waals surface area contributed by atoms with Gasteiger partial charge in [0.25, 0.3) is 0 Å². The summed E-state index contributed by atoms with van der Waals surface area (Å²) in [4.78, 5) is 0. The van der Waals surface area contributed by atoms with Crippen LogP contribution in [0.15, 0.2) is 21.8 Å². The van der Waals surface area contributed by atoms with Gasteiger partial charge in [0.1, 0.15) is 0 Å². The van der Waals surface area contributed by atoms with Gasteiger partial charge in [0.05, 0.1) is 24.4 Å². The normalized spacial score (nSPS) is 10.7. The third-order valence-corrected chi connectivity index (χ3v) is 2.50. The standard InChI is InChI=1S/C11H14BrNO3/c1-3-4-16-11-9(12)5-8(7-13-14)6-10(11)15-2/h5-7,14H,3-4H2,1-2H3. The molecule has 0 spiro atoms. The van der Waals surface area contributed by atoms with Gasteiger partial charge >= 0.3 is 0 Å². The van der Waals surface area contributed by atoms with Crippen molar-refractivity contribution in [2.45, 2.75) is 13.3 Å². The summed E-state index contributed by atoms with van der Waals surface area (Å²) in [5, 5.41) is 11.4. The Balaban J connectivity index is 3.07. The van der Waals surface area contributed by atoms with Gasteiger partial charge in [-0.3, -0.25) is 0 Å². The fourth-order valence-electron chi connectivity index (χ4n) is 1.23. The molecule has 0 fully saturated rings. The molecule has 0 aromatic heterocycles. The third kappa shape index (κ3) is 3.13. The minimum atomic E-state index is 0.609. The van der Waals surface area contributed by atoms with E-state index < -0.39 is 0 Å². The van der Waals surface area contributed by atoms with E-state index in [-0.39, 0.29) is 0 Å². The van der Waals surface area contributed by atoms with Crippen molar-refractivity contribution in [2.24, 2.45) is 5.16 Å². The fraction of sp³-hybridized carbons (Fsp3) is 0.364. The third-order valence-electron chi connectivity index (χ3n) is 1.91. The summed E-state index contributed by atoms with van der Waals surface area (Å²) in [6.45, 7) is 2.66. The molecule has 1 N–H and O–H groups in total. The summed E-state index contributed by atoms with van der Waals surface area (Å²) >= 11 is 3.39. The molecule has 1 rings (SSSR count).